The van der Waals surface area contributed by atoms with Crippen molar-refractivity contribution in [2.24, 2.45) is 4.99 Å². The molecule has 0 spiro atoms. The lowest BCUT2D eigenvalue weighted by molar-refractivity contribution is 0.100. The first-order valence-electron chi connectivity index (χ1n) is 8.05. The Hall–Kier alpha value is -1.66. The molecule has 0 fully saturated rings. The Labute approximate surface area is 168 Å². The number of aromatic nitrogens is 1. The summed E-state index contributed by atoms with van der Waals surface area (Å²) >= 11 is 15.4. The Kier molecular flexibility index (Phi) is 4.65. The SMILES string of the molecule is CCn1c(=NC(=O)c2sc3ccccc3c2Cl)sc2cc(Cl)cc(C)c21. The highest BCUT2D eigenvalue weighted by Crippen LogP contribution is 2.35. The molecule has 2 heterocycles. The number of fused-ring (bicyclic) bond motifs is 2. The Morgan fingerprint density at radius 2 is 1.92 bits per heavy atom. The zero-order chi connectivity index (χ0) is 18.4. The van der Waals surface area contributed by atoms with Crippen LogP contribution in [0.2, 0.25) is 10.0 Å². The van der Waals surface area contributed by atoms with Gasteiger partial charge in [-0.15, -0.1) is 11.3 Å². The number of carbonyl (C=O) groups is 1. The standard InChI is InChI=1S/C19H14Cl2N2OS2/c1-3-23-16-10(2)8-11(20)9-14(16)26-19(23)22-18(24)17-15(21)12-6-4-5-7-13(12)25-17/h4-9H,3H2,1-2H3. The molecule has 4 rings (SSSR count). The van der Waals surface area contributed by atoms with Gasteiger partial charge in [-0.25, -0.2) is 0 Å². The van der Waals surface area contributed by atoms with E-state index in [-0.39, 0.29) is 5.91 Å². The van der Waals surface area contributed by atoms with Crippen LogP contribution in [0, 0.1) is 6.92 Å². The van der Waals surface area contributed by atoms with Crippen LogP contribution < -0.4 is 4.80 Å². The van der Waals surface area contributed by atoms with Crippen molar-refractivity contribution in [1.82, 2.24) is 4.57 Å². The van der Waals surface area contributed by atoms with E-state index < -0.39 is 0 Å². The molecule has 0 aliphatic heterocycles. The Morgan fingerprint density at radius 1 is 1.15 bits per heavy atom. The fraction of sp³-hybridized carbons (Fsp3) is 0.158. The van der Waals surface area contributed by atoms with Gasteiger partial charge in [0.2, 0.25) is 0 Å². The van der Waals surface area contributed by atoms with Gasteiger partial charge in [0.1, 0.15) is 4.88 Å². The molecule has 26 heavy (non-hydrogen) atoms. The lowest BCUT2D eigenvalue weighted by Crippen LogP contribution is -2.16. The predicted octanol–water partition coefficient (Wildman–Crippen LogP) is 6.29. The summed E-state index contributed by atoms with van der Waals surface area (Å²) < 4.78 is 4.05. The monoisotopic (exact) mass is 420 g/mol. The summed E-state index contributed by atoms with van der Waals surface area (Å²) in [7, 11) is 0. The summed E-state index contributed by atoms with van der Waals surface area (Å²) in [6.07, 6.45) is 0. The zero-order valence-corrected chi connectivity index (χ0v) is 17.2. The van der Waals surface area contributed by atoms with Crippen LogP contribution in [0.1, 0.15) is 22.2 Å². The van der Waals surface area contributed by atoms with E-state index in [1.165, 1.54) is 22.7 Å². The van der Waals surface area contributed by atoms with Crippen molar-refractivity contribution in [2.75, 3.05) is 0 Å². The lowest BCUT2D eigenvalue weighted by atomic mass is 10.2. The number of nitrogens with zero attached hydrogens (tertiary/aromatic N) is 2. The average molecular weight is 421 g/mol. The van der Waals surface area contributed by atoms with Crippen LogP contribution in [0.5, 0.6) is 0 Å². The minimum absolute atomic E-state index is 0.311. The summed E-state index contributed by atoms with van der Waals surface area (Å²) in [6.45, 7) is 4.77. The second-order valence-corrected chi connectivity index (χ2v) is 8.73. The summed E-state index contributed by atoms with van der Waals surface area (Å²) in [5, 5.41) is 2.05. The predicted molar refractivity (Wildman–Crippen MR) is 112 cm³/mol. The third kappa shape index (κ3) is 2.89. The number of benzene rings is 2. The third-order valence-electron chi connectivity index (χ3n) is 4.17. The van der Waals surface area contributed by atoms with Crippen LogP contribution >= 0.6 is 45.9 Å². The fourth-order valence-corrected chi connectivity index (χ4v) is 5.99. The minimum Gasteiger partial charge on any atom is -0.316 e. The van der Waals surface area contributed by atoms with E-state index in [1.54, 1.807) is 0 Å². The van der Waals surface area contributed by atoms with Crippen molar-refractivity contribution in [3.63, 3.8) is 0 Å². The molecule has 7 heteroatoms. The van der Waals surface area contributed by atoms with E-state index in [0.717, 1.165) is 25.9 Å². The van der Waals surface area contributed by atoms with E-state index in [4.69, 9.17) is 23.2 Å². The van der Waals surface area contributed by atoms with Gasteiger partial charge in [-0.05, 0) is 37.6 Å². The van der Waals surface area contributed by atoms with Crippen LogP contribution in [0.15, 0.2) is 41.4 Å². The van der Waals surface area contributed by atoms with E-state index in [2.05, 4.69) is 4.99 Å². The summed E-state index contributed by atoms with van der Waals surface area (Å²) in [5.74, 6) is -0.311. The topological polar surface area (TPSA) is 34.4 Å². The Balaban J connectivity index is 1.91. The van der Waals surface area contributed by atoms with Crippen molar-refractivity contribution in [1.29, 1.82) is 0 Å². The highest BCUT2D eigenvalue weighted by Gasteiger charge is 2.17. The largest absolute Gasteiger partial charge is 0.316 e. The Bertz CT molecular complexity index is 1230. The van der Waals surface area contributed by atoms with Crippen molar-refractivity contribution >= 4 is 72.1 Å². The highest BCUT2D eigenvalue weighted by atomic mass is 35.5. The number of rotatable bonds is 2. The van der Waals surface area contributed by atoms with Crippen LogP contribution in [-0.4, -0.2) is 10.5 Å². The molecule has 2 aromatic carbocycles. The van der Waals surface area contributed by atoms with Gasteiger partial charge in [0.25, 0.3) is 5.91 Å². The summed E-state index contributed by atoms with van der Waals surface area (Å²) in [6, 6.07) is 11.6. The number of aryl methyl sites for hydroxylation is 2. The number of amides is 1. The molecular weight excluding hydrogens is 407 g/mol. The minimum atomic E-state index is -0.311. The van der Waals surface area contributed by atoms with Gasteiger partial charge in [-0.3, -0.25) is 4.79 Å². The number of hydrogen-bond donors (Lipinski definition) is 0. The molecule has 3 nitrogen and oxygen atoms in total. The van der Waals surface area contributed by atoms with Crippen LogP contribution in [0.25, 0.3) is 20.3 Å². The van der Waals surface area contributed by atoms with Crippen molar-refractivity contribution in [3.05, 3.63) is 61.7 Å². The fourth-order valence-electron chi connectivity index (χ4n) is 3.04. The number of carbonyl (C=O) groups excluding carboxylic acids is 1. The van der Waals surface area contributed by atoms with Gasteiger partial charge >= 0.3 is 0 Å². The molecule has 0 saturated carbocycles. The first-order valence-corrected chi connectivity index (χ1v) is 10.4. The molecule has 4 aromatic rings. The van der Waals surface area contributed by atoms with Crippen LogP contribution in [0.3, 0.4) is 0 Å². The molecular formula is C19H14Cl2N2OS2. The van der Waals surface area contributed by atoms with Crippen molar-refractivity contribution in [2.45, 2.75) is 20.4 Å². The van der Waals surface area contributed by atoms with Crippen LogP contribution in [-0.2, 0) is 6.54 Å². The van der Waals surface area contributed by atoms with E-state index in [9.17, 15) is 4.79 Å². The number of hydrogen-bond acceptors (Lipinski definition) is 3. The van der Waals surface area contributed by atoms with Gasteiger partial charge in [-0.1, -0.05) is 52.7 Å². The smallest absolute Gasteiger partial charge is 0.291 e. The summed E-state index contributed by atoms with van der Waals surface area (Å²) in [4.78, 5) is 18.4. The highest BCUT2D eigenvalue weighted by molar-refractivity contribution is 7.21. The second kappa shape index (κ2) is 6.82. The maximum Gasteiger partial charge on any atom is 0.291 e. The van der Waals surface area contributed by atoms with Crippen molar-refractivity contribution < 1.29 is 4.79 Å². The third-order valence-corrected chi connectivity index (χ3v) is 7.08. The molecule has 132 valence electrons. The maximum atomic E-state index is 12.8. The Morgan fingerprint density at radius 3 is 2.65 bits per heavy atom. The second-order valence-electron chi connectivity index (χ2n) is 5.86. The van der Waals surface area contributed by atoms with Crippen molar-refractivity contribution in [3.8, 4) is 0 Å². The molecule has 0 bridgehead atoms. The van der Waals surface area contributed by atoms with Gasteiger partial charge in [0.15, 0.2) is 4.80 Å². The molecule has 2 aromatic heterocycles. The van der Waals surface area contributed by atoms with E-state index in [1.807, 2.05) is 54.8 Å². The van der Waals surface area contributed by atoms with Gasteiger partial charge in [0.05, 0.1) is 15.2 Å². The number of thiophene rings is 1. The lowest BCUT2D eigenvalue weighted by Gasteiger charge is -2.04. The van der Waals surface area contributed by atoms with Gasteiger partial charge in [0, 0.05) is 21.7 Å². The normalized spacial score (nSPS) is 12.4. The van der Waals surface area contributed by atoms with Crippen LogP contribution in [0.4, 0.5) is 0 Å². The molecule has 0 saturated heterocycles. The quantitative estimate of drug-likeness (QED) is 0.374. The molecule has 0 unspecified atom stereocenters. The molecule has 1 amide bonds. The maximum absolute atomic E-state index is 12.8. The number of thiazole rings is 1. The summed E-state index contributed by atoms with van der Waals surface area (Å²) in [5.41, 5.74) is 2.13. The molecule has 0 aliphatic rings. The number of halogens is 2. The molecule has 0 atom stereocenters. The average Bonchev–Trinajstić information content (AvgIpc) is 3.12. The van der Waals surface area contributed by atoms with Gasteiger partial charge in [-0.2, -0.15) is 4.99 Å². The first-order chi connectivity index (χ1) is 12.5. The van der Waals surface area contributed by atoms with E-state index >= 15 is 0 Å². The first kappa shape index (κ1) is 17.7. The molecule has 0 radical (unpaired) electrons. The molecule has 0 aliphatic carbocycles. The van der Waals surface area contributed by atoms with E-state index in [0.29, 0.717) is 26.3 Å². The molecule has 0 N–H and O–H groups in total. The zero-order valence-electron chi connectivity index (χ0n) is 14.0. The van der Waals surface area contributed by atoms with Gasteiger partial charge < -0.3 is 4.57 Å².